The molecule has 0 radical (unpaired) electrons. The molecule has 1 spiro atoms. The van der Waals surface area contributed by atoms with Crippen LogP contribution in [0.1, 0.15) is 83.1 Å². The van der Waals surface area contributed by atoms with E-state index < -0.39 is 0 Å². The zero-order valence-electron chi connectivity index (χ0n) is 17.6. The number of hydrogen-bond donors (Lipinski definition) is 0. The minimum Gasteiger partial charge on any atom is -0.328 e. The van der Waals surface area contributed by atoms with Crippen LogP contribution in [0.5, 0.6) is 0 Å². The zero-order chi connectivity index (χ0) is 18.5. The van der Waals surface area contributed by atoms with Crippen molar-refractivity contribution in [1.82, 2.24) is 19.4 Å². The van der Waals surface area contributed by atoms with Crippen molar-refractivity contribution in [1.29, 1.82) is 0 Å². The zero-order valence-corrected chi connectivity index (χ0v) is 17.6. The van der Waals surface area contributed by atoms with Crippen LogP contribution >= 0.6 is 0 Å². The molecule has 2 fully saturated rings. The van der Waals surface area contributed by atoms with Crippen molar-refractivity contribution in [3.05, 3.63) is 17.2 Å². The van der Waals surface area contributed by atoms with E-state index in [9.17, 15) is 0 Å². The van der Waals surface area contributed by atoms with Crippen LogP contribution in [0, 0.1) is 12.8 Å². The molecule has 26 heavy (non-hydrogen) atoms. The lowest BCUT2D eigenvalue weighted by Gasteiger charge is -2.50. The quantitative estimate of drug-likeness (QED) is 0.809. The second-order valence-electron chi connectivity index (χ2n) is 9.88. The van der Waals surface area contributed by atoms with Crippen LogP contribution < -0.4 is 0 Å². The van der Waals surface area contributed by atoms with Crippen LogP contribution in [-0.2, 0) is 12.0 Å². The molecule has 1 saturated heterocycles. The third kappa shape index (κ3) is 3.13. The van der Waals surface area contributed by atoms with Gasteiger partial charge in [0.15, 0.2) is 0 Å². The SMILES string of the molecule is Cc1nc2c(n1C(C)C)CN(C1CCC1)CC21CCN(CC(C)C)CC1. The van der Waals surface area contributed by atoms with Crippen molar-refractivity contribution >= 4 is 0 Å². The highest BCUT2D eigenvalue weighted by Gasteiger charge is 2.47. The topological polar surface area (TPSA) is 24.3 Å². The number of rotatable bonds is 4. The molecule has 0 amide bonds. The lowest BCUT2D eigenvalue weighted by Crippen LogP contribution is -2.55. The summed E-state index contributed by atoms with van der Waals surface area (Å²) in [6.07, 6.45) is 6.79. The average molecular weight is 359 g/mol. The van der Waals surface area contributed by atoms with E-state index in [4.69, 9.17) is 4.98 Å². The summed E-state index contributed by atoms with van der Waals surface area (Å²) < 4.78 is 2.53. The fourth-order valence-corrected chi connectivity index (χ4v) is 5.65. The standard InChI is InChI=1S/C22H38N4/c1-16(2)13-24-11-9-22(10-12-24)15-25(19-7-6-8-19)14-20-21(22)23-18(5)26(20)17(3)4/h16-17,19H,6-15H2,1-5H3. The summed E-state index contributed by atoms with van der Waals surface area (Å²) in [6.45, 7) is 17.6. The van der Waals surface area contributed by atoms with E-state index in [1.54, 1.807) is 0 Å². The lowest BCUT2D eigenvalue weighted by atomic mass is 9.71. The normalized spacial score (nSPS) is 24.4. The fourth-order valence-electron chi connectivity index (χ4n) is 5.65. The van der Waals surface area contributed by atoms with E-state index in [1.807, 2.05) is 0 Å². The van der Waals surface area contributed by atoms with Gasteiger partial charge in [0.2, 0.25) is 0 Å². The maximum atomic E-state index is 5.19. The van der Waals surface area contributed by atoms with Crippen molar-refractivity contribution < 1.29 is 0 Å². The number of hydrogen-bond acceptors (Lipinski definition) is 3. The predicted octanol–water partition coefficient (Wildman–Crippen LogP) is 4.13. The average Bonchev–Trinajstić information content (AvgIpc) is 2.85. The smallest absolute Gasteiger partial charge is 0.106 e. The molecule has 1 saturated carbocycles. The minimum atomic E-state index is 0.293. The van der Waals surface area contributed by atoms with E-state index >= 15 is 0 Å². The van der Waals surface area contributed by atoms with Gasteiger partial charge in [0.25, 0.3) is 0 Å². The molecular weight excluding hydrogens is 320 g/mol. The van der Waals surface area contributed by atoms with Gasteiger partial charge in [0.1, 0.15) is 5.82 Å². The Morgan fingerprint density at radius 3 is 2.35 bits per heavy atom. The van der Waals surface area contributed by atoms with Crippen molar-refractivity contribution in [3.8, 4) is 0 Å². The van der Waals surface area contributed by atoms with Crippen LogP contribution in [-0.4, -0.2) is 51.6 Å². The van der Waals surface area contributed by atoms with E-state index in [-0.39, 0.29) is 0 Å². The number of imidazole rings is 1. The Morgan fingerprint density at radius 1 is 1.12 bits per heavy atom. The van der Waals surface area contributed by atoms with Crippen molar-refractivity contribution in [2.24, 2.45) is 5.92 Å². The van der Waals surface area contributed by atoms with Crippen molar-refractivity contribution in [2.75, 3.05) is 26.2 Å². The van der Waals surface area contributed by atoms with Crippen LogP contribution in [0.25, 0.3) is 0 Å². The largest absolute Gasteiger partial charge is 0.328 e. The highest BCUT2D eigenvalue weighted by molar-refractivity contribution is 5.31. The summed E-state index contributed by atoms with van der Waals surface area (Å²) in [5.74, 6) is 1.99. The van der Waals surface area contributed by atoms with Gasteiger partial charge in [-0.05, 0) is 65.5 Å². The Balaban J connectivity index is 1.65. The van der Waals surface area contributed by atoms with E-state index in [1.165, 1.54) is 75.5 Å². The van der Waals surface area contributed by atoms with E-state index in [0.717, 1.165) is 18.5 Å². The number of piperidine rings is 1. The molecule has 4 rings (SSSR count). The molecule has 1 aromatic rings. The number of likely N-dealkylation sites (tertiary alicyclic amines) is 1. The van der Waals surface area contributed by atoms with Gasteiger partial charge in [0, 0.05) is 37.1 Å². The highest BCUT2D eigenvalue weighted by Crippen LogP contribution is 2.44. The molecule has 0 bridgehead atoms. The van der Waals surface area contributed by atoms with E-state index in [2.05, 4.69) is 49.0 Å². The van der Waals surface area contributed by atoms with Gasteiger partial charge >= 0.3 is 0 Å². The predicted molar refractivity (Wildman–Crippen MR) is 108 cm³/mol. The first kappa shape index (κ1) is 18.5. The van der Waals surface area contributed by atoms with Gasteiger partial charge < -0.3 is 9.47 Å². The van der Waals surface area contributed by atoms with Crippen LogP contribution in [0.3, 0.4) is 0 Å². The molecule has 0 unspecified atom stereocenters. The van der Waals surface area contributed by atoms with Crippen molar-refractivity contribution in [3.63, 3.8) is 0 Å². The van der Waals surface area contributed by atoms with E-state index in [0.29, 0.717) is 11.5 Å². The lowest BCUT2D eigenvalue weighted by molar-refractivity contribution is 0.0393. The summed E-state index contributed by atoms with van der Waals surface area (Å²) in [6, 6.07) is 1.33. The summed E-state index contributed by atoms with van der Waals surface area (Å²) >= 11 is 0. The summed E-state index contributed by atoms with van der Waals surface area (Å²) in [5, 5.41) is 0. The fraction of sp³-hybridized carbons (Fsp3) is 0.864. The Morgan fingerprint density at radius 2 is 1.81 bits per heavy atom. The summed E-state index contributed by atoms with van der Waals surface area (Å²) in [4.78, 5) is 10.7. The van der Waals surface area contributed by atoms with Gasteiger partial charge in [0.05, 0.1) is 11.4 Å². The first-order chi connectivity index (χ1) is 12.4. The van der Waals surface area contributed by atoms with Crippen LogP contribution in [0.4, 0.5) is 0 Å². The second kappa shape index (κ2) is 6.94. The molecule has 3 aliphatic rings. The first-order valence-corrected chi connectivity index (χ1v) is 10.9. The van der Waals surface area contributed by atoms with Gasteiger partial charge in [-0.2, -0.15) is 0 Å². The maximum Gasteiger partial charge on any atom is 0.106 e. The van der Waals surface area contributed by atoms with Gasteiger partial charge in [-0.25, -0.2) is 4.98 Å². The molecule has 0 atom stereocenters. The van der Waals surface area contributed by atoms with Gasteiger partial charge in [-0.1, -0.05) is 20.3 Å². The maximum absolute atomic E-state index is 5.19. The Hall–Kier alpha value is -0.870. The Bertz CT molecular complexity index is 633. The van der Waals surface area contributed by atoms with Gasteiger partial charge in [-0.3, -0.25) is 4.90 Å². The molecule has 1 aliphatic carbocycles. The Kier molecular flexibility index (Phi) is 4.94. The molecule has 146 valence electrons. The molecule has 3 heterocycles. The van der Waals surface area contributed by atoms with Crippen LogP contribution in [0.2, 0.25) is 0 Å². The molecule has 0 N–H and O–H groups in total. The molecule has 2 aliphatic heterocycles. The Labute approximate surface area is 160 Å². The molecule has 4 nitrogen and oxygen atoms in total. The summed E-state index contributed by atoms with van der Waals surface area (Å²) in [7, 11) is 0. The van der Waals surface area contributed by atoms with Crippen molar-refractivity contribution in [2.45, 2.75) is 90.8 Å². The third-order valence-corrected chi connectivity index (χ3v) is 7.09. The number of nitrogens with zero attached hydrogens (tertiary/aromatic N) is 4. The first-order valence-electron chi connectivity index (χ1n) is 10.9. The van der Waals surface area contributed by atoms with Gasteiger partial charge in [-0.15, -0.1) is 0 Å². The number of aromatic nitrogens is 2. The molecule has 1 aromatic heterocycles. The number of aryl methyl sites for hydroxylation is 1. The van der Waals surface area contributed by atoms with Crippen LogP contribution in [0.15, 0.2) is 0 Å². The minimum absolute atomic E-state index is 0.293. The second-order valence-corrected chi connectivity index (χ2v) is 9.88. The highest BCUT2D eigenvalue weighted by atomic mass is 15.2. The monoisotopic (exact) mass is 358 g/mol. The number of fused-ring (bicyclic) bond motifs is 2. The third-order valence-electron chi connectivity index (χ3n) is 7.09. The molecule has 0 aromatic carbocycles. The molecular formula is C22H38N4. The molecule has 4 heteroatoms. The summed E-state index contributed by atoms with van der Waals surface area (Å²) in [5.41, 5.74) is 3.29.